The number of nitrogens with one attached hydrogen (secondary N) is 2. The lowest BCUT2D eigenvalue weighted by Gasteiger charge is -2.30. The Morgan fingerprint density at radius 2 is 1.45 bits per heavy atom. The second-order valence-corrected chi connectivity index (χ2v) is 9.40. The average molecular weight is 550 g/mol. The highest BCUT2D eigenvalue weighted by Gasteiger charge is 2.31. The van der Waals surface area contributed by atoms with E-state index in [0.717, 1.165) is 16.3 Å². The van der Waals surface area contributed by atoms with Crippen molar-refractivity contribution in [2.24, 2.45) is 0 Å². The quantitative estimate of drug-likeness (QED) is 0.247. The summed E-state index contributed by atoms with van der Waals surface area (Å²) in [6.07, 6.45) is 0. The molecule has 4 rings (SSSR count). The van der Waals surface area contributed by atoms with Gasteiger partial charge in [-0.25, -0.2) is 9.59 Å². The Balaban J connectivity index is 1.80. The van der Waals surface area contributed by atoms with Crippen LogP contribution in [-0.2, 0) is 9.53 Å². The van der Waals surface area contributed by atoms with Gasteiger partial charge in [-0.05, 0) is 60.5 Å². The molecule has 4 aromatic carbocycles. The Morgan fingerprint density at radius 3 is 2.08 bits per heavy atom. The van der Waals surface area contributed by atoms with E-state index in [1.54, 1.807) is 49.4 Å². The number of amides is 3. The molecule has 1 atom stereocenters. The Kier molecular flexibility index (Phi) is 8.20. The number of para-hydroxylation sites is 2. The highest BCUT2D eigenvalue weighted by molar-refractivity contribution is 6.39. The van der Waals surface area contributed by atoms with E-state index in [4.69, 9.17) is 27.9 Å². The number of methoxy groups -OCH3 is 1. The fourth-order valence-corrected chi connectivity index (χ4v) is 4.63. The van der Waals surface area contributed by atoms with Crippen molar-refractivity contribution >= 4 is 68.9 Å². The monoisotopic (exact) mass is 549 g/mol. The van der Waals surface area contributed by atoms with Crippen LogP contribution in [0.1, 0.15) is 22.8 Å². The van der Waals surface area contributed by atoms with Gasteiger partial charge in [-0.1, -0.05) is 71.7 Å². The molecular weight excluding hydrogens is 525 g/mol. The summed E-state index contributed by atoms with van der Waals surface area (Å²) in [5, 5.41) is 7.52. The van der Waals surface area contributed by atoms with Gasteiger partial charge in [0.1, 0.15) is 6.04 Å². The maximum absolute atomic E-state index is 14.2. The van der Waals surface area contributed by atoms with E-state index >= 15 is 0 Å². The lowest BCUT2D eigenvalue weighted by molar-refractivity contribution is -0.141. The van der Waals surface area contributed by atoms with Gasteiger partial charge in [-0.2, -0.15) is 0 Å². The molecule has 0 saturated heterocycles. The molecule has 7 nitrogen and oxygen atoms in total. The first-order chi connectivity index (χ1) is 18.2. The van der Waals surface area contributed by atoms with Crippen LogP contribution in [0.2, 0.25) is 10.0 Å². The molecule has 0 unspecified atom stereocenters. The van der Waals surface area contributed by atoms with E-state index in [0.29, 0.717) is 5.69 Å². The zero-order valence-corrected chi connectivity index (χ0v) is 22.4. The summed E-state index contributed by atoms with van der Waals surface area (Å²) >= 11 is 12.4. The summed E-state index contributed by atoms with van der Waals surface area (Å²) in [6.45, 7) is 3.44. The number of nitrogens with zero attached hydrogens (tertiary/aromatic N) is 1. The lowest BCUT2D eigenvalue weighted by atomic mass is 10.0. The zero-order valence-electron chi connectivity index (χ0n) is 20.9. The highest BCUT2D eigenvalue weighted by atomic mass is 35.5. The van der Waals surface area contributed by atoms with Gasteiger partial charge in [0, 0.05) is 5.69 Å². The van der Waals surface area contributed by atoms with Gasteiger partial charge < -0.3 is 15.4 Å². The van der Waals surface area contributed by atoms with E-state index in [1.165, 1.54) is 12.0 Å². The van der Waals surface area contributed by atoms with Crippen LogP contribution in [0, 0.1) is 6.92 Å². The Bertz CT molecular complexity index is 1520. The van der Waals surface area contributed by atoms with E-state index in [-0.39, 0.29) is 27.0 Å². The van der Waals surface area contributed by atoms with Gasteiger partial charge in [0.2, 0.25) is 0 Å². The molecule has 0 spiro atoms. The number of rotatable bonds is 6. The van der Waals surface area contributed by atoms with Gasteiger partial charge in [-0.3, -0.25) is 9.69 Å². The average Bonchev–Trinajstić information content (AvgIpc) is 2.91. The summed E-state index contributed by atoms with van der Waals surface area (Å²) in [7, 11) is 1.27. The van der Waals surface area contributed by atoms with Crippen LogP contribution in [0.5, 0.6) is 0 Å². The van der Waals surface area contributed by atoms with Crippen molar-refractivity contribution in [3.63, 3.8) is 0 Å². The Morgan fingerprint density at radius 1 is 0.842 bits per heavy atom. The Labute approximate surface area is 230 Å². The minimum absolute atomic E-state index is 0.183. The number of anilines is 3. The molecule has 0 bridgehead atoms. The van der Waals surface area contributed by atoms with Crippen molar-refractivity contribution < 1.29 is 19.1 Å². The van der Waals surface area contributed by atoms with Crippen LogP contribution < -0.4 is 15.5 Å². The molecule has 9 heteroatoms. The van der Waals surface area contributed by atoms with Crippen molar-refractivity contribution in [2.75, 3.05) is 22.6 Å². The number of halogens is 2. The molecule has 0 aliphatic heterocycles. The maximum Gasteiger partial charge on any atom is 0.328 e. The molecule has 2 N–H and O–H groups in total. The third kappa shape index (κ3) is 5.59. The minimum Gasteiger partial charge on any atom is -0.467 e. The third-order valence-corrected chi connectivity index (χ3v) is 6.72. The topological polar surface area (TPSA) is 87.7 Å². The first kappa shape index (κ1) is 27.0. The molecule has 0 aliphatic carbocycles. The third-order valence-electron chi connectivity index (χ3n) is 6.09. The van der Waals surface area contributed by atoms with Crippen molar-refractivity contribution in [3.8, 4) is 0 Å². The standard InChI is InChI=1S/C29H25Cl2N3O4/c1-17-9-4-7-14-25(17)34(18(2)28(36)38-3)27(35)21-15-19-10-5-6-11-20(19)16-24(21)32-29(37)33-26-22(30)12-8-13-23(26)31/h4-16,18H,1-3H3,(H2,32,33,37)/t18-/m0/s1. The van der Waals surface area contributed by atoms with Crippen molar-refractivity contribution in [1.29, 1.82) is 0 Å². The van der Waals surface area contributed by atoms with E-state index < -0.39 is 23.9 Å². The smallest absolute Gasteiger partial charge is 0.328 e. The lowest BCUT2D eigenvalue weighted by Crippen LogP contribution is -2.44. The predicted octanol–water partition coefficient (Wildman–Crippen LogP) is 7.31. The van der Waals surface area contributed by atoms with Crippen molar-refractivity contribution in [2.45, 2.75) is 19.9 Å². The summed E-state index contributed by atoms with van der Waals surface area (Å²) in [5.41, 5.74) is 2.00. The number of esters is 1. The van der Waals surface area contributed by atoms with Gasteiger partial charge in [0.25, 0.3) is 5.91 Å². The number of fused-ring (bicyclic) bond motifs is 1. The SMILES string of the molecule is COC(=O)[C@H](C)N(C(=O)c1cc2ccccc2cc1NC(=O)Nc1c(Cl)cccc1Cl)c1ccccc1C. The van der Waals surface area contributed by atoms with Crippen LogP contribution in [-0.4, -0.2) is 31.1 Å². The normalized spacial score (nSPS) is 11.5. The van der Waals surface area contributed by atoms with Gasteiger partial charge in [0.05, 0.1) is 34.1 Å². The van der Waals surface area contributed by atoms with Gasteiger partial charge in [0.15, 0.2) is 0 Å². The van der Waals surface area contributed by atoms with Crippen LogP contribution in [0.25, 0.3) is 10.8 Å². The summed E-state index contributed by atoms with van der Waals surface area (Å²) < 4.78 is 4.96. The summed E-state index contributed by atoms with van der Waals surface area (Å²) in [6, 6.07) is 21.3. The Hall–Kier alpha value is -4.07. The molecule has 0 aromatic heterocycles. The number of aryl methyl sites for hydroxylation is 1. The fourth-order valence-electron chi connectivity index (χ4n) is 4.14. The number of carbonyl (C=O) groups is 3. The van der Waals surface area contributed by atoms with Crippen LogP contribution in [0.3, 0.4) is 0 Å². The minimum atomic E-state index is -0.941. The number of hydrogen-bond acceptors (Lipinski definition) is 4. The van der Waals surface area contributed by atoms with Crippen LogP contribution in [0.4, 0.5) is 21.9 Å². The van der Waals surface area contributed by atoms with E-state index in [2.05, 4.69) is 10.6 Å². The van der Waals surface area contributed by atoms with Gasteiger partial charge in [-0.15, -0.1) is 0 Å². The number of ether oxygens (including phenoxy) is 1. The maximum atomic E-state index is 14.2. The number of hydrogen-bond donors (Lipinski definition) is 2. The summed E-state index contributed by atoms with van der Waals surface area (Å²) in [5.74, 6) is -1.07. The predicted molar refractivity (Wildman–Crippen MR) is 153 cm³/mol. The molecule has 3 amide bonds. The first-order valence-corrected chi connectivity index (χ1v) is 12.5. The van der Waals surface area contributed by atoms with Crippen LogP contribution >= 0.6 is 23.2 Å². The van der Waals surface area contributed by atoms with E-state index in [1.807, 2.05) is 43.3 Å². The van der Waals surface area contributed by atoms with Gasteiger partial charge >= 0.3 is 12.0 Å². The number of benzene rings is 4. The second kappa shape index (κ2) is 11.5. The zero-order chi connectivity index (χ0) is 27.4. The molecule has 194 valence electrons. The largest absolute Gasteiger partial charge is 0.467 e. The molecule has 0 heterocycles. The number of carbonyl (C=O) groups excluding carboxylic acids is 3. The first-order valence-electron chi connectivity index (χ1n) is 11.7. The highest BCUT2D eigenvalue weighted by Crippen LogP contribution is 2.32. The molecule has 0 saturated carbocycles. The molecule has 38 heavy (non-hydrogen) atoms. The summed E-state index contributed by atoms with van der Waals surface area (Å²) in [4.78, 5) is 41.2. The fraction of sp³-hybridized carbons (Fsp3) is 0.138. The second-order valence-electron chi connectivity index (χ2n) is 8.58. The van der Waals surface area contributed by atoms with Crippen LogP contribution in [0.15, 0.2) is 78.9 Å². The molecule has 4 aromatic rings. The van der Waals surface area contributed by atoms with Crippen molar-refractivity contribution in [3.05, 3.63) is 100 Å². The van der Waals surface area contributed by atoms with Crippen molar-refractivity contribution in [1.82, 2.24) is 0 Å². The molecule has 0 fully saturated rings. The number of urea groups is 1. The van der Waals surface area contributed by atoms with E-state index in [9.17, 15) is 14.4 Å². The molecular formula is C29H25Cl2N3O4. The molecule has 0 radical (unpaired) electrons. The molecule has 0 aliphatic rings.